The lowest BCUT2D eigenvalue weighted by Crippen LogP contribution is -2.50. The number of amides is 1. The van der Waals surface area contributed by atoms with Gasteiger partial charge in [-0.25, -0.2) is 4.79 Å². The number of rotatable bonds is 6. The maximum absolute atomic E-state index is 12.6. The van der Waals surface area contributed by atoms with Crippen molar-refractivity contribution in [3.63, 3.8) is 0 Å². The number of hydrogen-bond acceptors (Lipinski definition) is 5. The van der Waals surface area contributed by atoms with Crippen LogP contribution in [0.4, 0.5) is 0 Å². The van der Waals surface area contributed by atoms with E-state index in [0.29, 0.717) is 36.3 Å². The topological polar surface area (TPSA) is 97.0 Å². The molecule has 1 fully saturated rings. The average Bonchev–Trinajstić information content (AvgIpc) is 3.00. The van der Waals surface area contributed by atoms with Crippen molar-refractivity contribution >= 4 is 11.9 Å². The van der Waals surface area contributed by atoms with Gasteiger partial charge in [0.15, 0.2) is 6.61 Å². The Balaban J connectivity index is 1.62. The molecule has 7 heteroatoms. The number of ether oxygens (including phenoxy) is 1. The van der Waals surface area contributed by atoms with E-state index < -0.39 is 24.0 Å². The molecule has 1 aliphatic carbocycles. The molecule has 1 saturated carbocycles. The molecule has 1 amide bonds. The van der Waals surface area contributed by atoms with E-state index >= 15 is 0 Å². The minimum absolute atomic E-state index is 0.376. The predicted molar refractivity (Wildman–Crippen MR) is 107 cm³/mol. The molecule has 1 heterocycles. The normalized spacial score (nSPS) is 15.3. The van der Waals surface area contributed by atoms with Gasteiger partial charge in [-0.2, -0.15) is 10.4 Å². The molecule has 0 unspecified atom stereocenters. The number of aryl methyl sites for hydroxylation is 1. The van der Waals surface area contributed by atoms with Gasteiger partial charge >= 0.3 is 5.97 Å². The summed E-state index contributed by atoms with van der Waals surface area (Å²) >= 11 is 0. The average molecular weight is 394 g/mol. The monoisotopic (exact) mass is 394 g/mol. The number of nitrogens with zero attached hydrogens (tertiary/aromatic N) is 3. The van der Waals surface area contributed by atoms with Crippen LogP contribution < -0.4 is 5.32 Å². The zero-order valence-corrected chi connectivity index (χ0v) is 16.9. The molecule has 1 N–H and O–H groups in total. The van der Waals surface area contributed by atoms with E-state index in [1.54, 1.807) is 11.6 Å². The fraction of sp³-hybridized carbons (Fsp3) is 0.455. The molecular formula is C22H26N4O3. The number of carbonyl (C=O) groups excluding carboxylic acids is 2. The lowest BCUT2D eigenvalue weighted by atomic mass is 9.83. The highest BCUT2D eigenvalue weighted by Crippen LogP contribution is 2.27. The van der Waals surface area contributed by atoms with Crippen molar-refractivity contribution in [1.82, 2.24) is 15.1 Å². The third-order valence-electron chi connectivity index (χ3n) is 5.39. The van der Waals surface area contributed by atoms with Gasteiger partial charge in [-0.15, -0.1) is 0 Å². The largest absolute Gasteiger partial charge is 0.452 e. The van der Waals surface area contributed by atoms with Gasteiger partial charge in [0.1, 0.15) is 11.1 Å². The summed E-state index contributed by atoms with van der Waals surface area (Å²) in [5.74, 6) is -1.03. The van der Waals surface area contributed by atoms with E-state index in [-0.39, 0.29) is 0 Å². The minimum atomic E-state index is -0.839. The van der Waals surface area contributed by atoms with Gasteiger partial charge in [-0.05, 0) is 32.3 Å². The van der Waals surface area contributed by atoms with Gasteiger partial charge in [0, 0.05) is 0 Å². The Morgan fingerprint density at radius 1 is 1.21 bits per heavy atom. The fourth-order valence-electron chi connectivity index (χ4n) is 3.83. The molecule has 0 radical (unpaired) electrons. The van der Waals surface area contributed by atoms with E-state index in [4.69, 9.17) is 4.74 Å². The zero-order valence-electron chi connectivity index (χ0n) is 16.9. The molecule has 0 atom stereocenters. The lowest BCUT2D eigenvalue weighted by molar-refractivity contribution is -0.125. The summed E-state index contributed by atoms with van der Waals surface area (Å²) in [6.07, 6.45) is 4.15. The quantitative estimate of drug-likeness (QED) is 0.760. The van der Waals surface area contributed by atoms with Crippen LogP contribution in [0.25, 0.3) is 0 Å². The number of carbonyl (C=O) groups is 2. The maximum Gasteiger partial charge on any atom is 0.342 e. The van der Waals surface area contributed by atoms with Gasteiger partial charge in [-0.3, -0.25) is 9.48 Å². The van der Waals surface area contributed by atoms with Crippen LogP contribution in [0.2, 0.25) is 0 Å². The minimum Gasteiger partial charge on any atom is -0.452 e. The Morgan fingerprint density at radius 2 is 1.90 bits per heavy atom. The second-order valence-corrected chi connectivity index (χ2v) is 7.57. The van der Waals surface area contributed by atoms with E-state index in [1.165, 1.54) is 0 Å². The van der Waals surface area contributed by atoms with Gasteiger partial charge in [0.2, 0.25) is 0 Å². The van der Waals surface area contributed by atoms with Crippen LogP contribution in [-0.2, 0) is 16.1 Å². The highest BCUT2D eigenvalue weighted by Gasteiger charge is 2.34. The van der Waals surface area contributed by atoms with Gasteiger partial charge in [0.25, 0.3) is 5.91 Å². The van der Waals surface area contributed by atoms with E-state index in [9.17, 15) is 14.9 Å². The first-order valence-electron chi connectivity index (χ1n) is 9.91. The Kier molecular flexibility index (Phi) is 6.32. The zero-order chi connectivity index (χ0) is 20.9. The summed E-state index contributed by atoms with van der Waals surface area (Å²) in [6.45, 7) is 3.70. The first kappa shape index (κ1) is 20.6. The molecule has 1 aliphatic rings. The molecular weight excluding hydrogens is 368 g/mol. The van der Waals surface area contributed by atoms with Crippen molar-refractivity contribution in [1.29, 1.82) is 5.26 Å². The molecule has 29 heavy (non-hydrogen) atoms. The van der Waals surface area contributed by atoms with Gasteiger partial charge in [-0.1, -0.05) is 49.6 Å². The Hall–Kier alpha value is -3.14. The van der Waals surface area contributed by atoms with E-state index in [0.717, 1.165) is 24.8 Å². The predicted octanol–water partition coefficient (Wildman–Crippen LogP) is 3.05. The van der Waals surface area contributed by atoms with Crippen LogP contribution in [0.15, 0.2) is 30.3 Å². The van der Waals surface area contributed by atoms with Crippen molar-refractivity contribution in [3.8, 4) is 6.07 Å². The highest BCUT2D eigenvalue weighted by molar-refractivity contribution is 5.93. The summed E-state index contributed by atoms with van der Waals surface area (Å²) in [5, 5.41) is 16.7. The third-order valence-corrected chi connectivity index (χ3v) is 5.39. The Morgan fingerprint density at radius 3 is 2.55 bits per heavy atom. The van der Waals surface area contributed by atoms with Crippen molar-refractivity contribution < 1.29 is 14.3 Å². The second-order valence-electron chi connectivity index (χ2n) is 7.57. The number of benzene rings is 1. The fourth-order valence-corrected chi connectivity index (χ4v) is 3.83. The summed E-state index contributed by atoms with van der Waals surface area (Å²) < 4.78 is 6.99. The van der Waals surface area contributed by atoms with Crippen LogP contribution in [0, 0.1) is 25.2 Å². The molecule has 0 spiro atoms. The SMILES string of the molecule is Cc1nn(Cc2ccccc2)c(C)c1C(=O)OCC(=O)NC1(C#N)CCCCC1. The van der Waals surface area contributed by atoms with Crippen molar-refractivity contribution in [2.24, 2.45) is 0 Å². The molecule has 3 rings (SSSR count). The van der Waals surface area contributed by atoms with E-state index in [1.807, 2.05) is 37.3 Å². The number of nitrogens with one attached hydrogen (secondary N) is 1. The van der Waals surface area contributed by atoms with Crippen LogP contribution in [0.5, 0.6) is 0 Å². The van der Waals surface area contributed by atoms with Crippen LogP contribution in [0.1, 0.15) is 59.4 Å². The van der Waals surface area contributed by atoms with Gasteiger partial charge in [0.05, 0.1) is 24.0 Å². The Labute approximate surface area is 170 Å². The Bertz CT molecular complexity index is 922. The van der Waals surface area contributed by atoms with Gasteiger partial charge < -0.3 is 10.1 Å². The second kappa shape index (κ2) is 8.91. The number of esters is 1. The first-order chi connectivity index (χ1) is 13.9. The molecule has 0 saturated heterocycles. The van der Waals surface area contributed by atoms with Crippen molar-refractivity contribution in [2.45, 2.75) is 58.0 Å². The summed E-state index contributed by atoms with van der Waals surface area (Å²) in [6, 6.07) is 12.1. The summed E-state index contributed by atoms with van der Waals surface area (Å²) in [7, 11) is 0. The standard InChI is InChI=1S/C22H26N4O3/c1-16-20(17(2)26(25-16)13-18-9-5-3-6-10-18)21(28)29-14-19(27)24-22(15-23)11-7-4-8-12-22/h3,5-6,9-10H,4,7-8,11-14H2,1-2H3,(H,24,27). The molecule has 0 bridgehead atoms. The molecule has 1 aromatic carbocycles. The van der Waals surface area contributed by atoms with Crippen molar-refractivity contribution in [2.75, 3.05) is 6.61 Å². The maximum atomic E-state index is 12.6. The smallest absolute Gasteiger partial charge is 0.342 e. The molecule has 2 aromatic rings. The number of aromatic nitrogens is 2. The first-order valence-corrected chi connectivity index (χ1v) is 9.91. The summed E-state index contributed by atoms with van der Waals surface area (Å²) in [5.41, 5.74) is 1.86. The summed E-state index contributed by atoms with van der Waals surface area (Å²) in [4.78, 5) is 24.8. The highest BCUT2D eigenvalue weighted by atomic mass is 16.5. The molecule has 1 aromatic heterocycles. The third kappa shape index (κ3) is 4.83. The lowest BCUT2D eigenvalue weighted by Gasteiger charge is -2.31. The molecule has 7 nitrogen and oxygen atoms in total. The van der Waals surface area contributed by atoms with E-state index in [2.05, 4.69) is 16.5 Å². The van der Waals surface area contributed by atoms with Crippen molar-refractivity contribution in [3.05, 3.63) is 52.8 Å². The molecule has 152 valence electrons. The van der Waals surface area contributed by atoms with Crippen LogP contribution >= 0.6 is 0 Å². The van der Waals surface area contributed by atoms with Crippen LogP contribution in [0.3, 0.4) is 0 Å². The number of hydrogen-bond donors (Lipinski definition) is 1. The molecule has 0 aliphatic heterocycles. The van der Waals surface area contributed by atoms with Crippen LogP contribution in [-0.4, -0.2) is 33.8 Å². The number of nitriles is 1.